The van der Waals surface area contributed by atoms with E-state index in [-0.39, 0.29) is 55.6 Å². The van der Waals surface area contributed by atoms with Crippen LogP contribution in [0, 0.1) is 5.41 Å². The van der Waals surface area contributed by atoms with Gasteiger partial charge in [0.05, 0.1) is 0 Å². The molecular weight excluding hydrogens is 399 g/mol. The molecule has 0 saturated carbocycles. The molecule has 1 aromatic carbocycles. The Balaban J connectivity index is 0. The minimum Gasteiger partial charge on any atom is -1.00 e. The molecule has 0 aliphatic heterocycles. The molecule has 0 amide bonds. The topological polar surface area (TPSA) is 0 Å². The van der Waals surface area contributed by atoms with Crippen LogP contribution < -0.4 is 42.4 Å². The van der Waals surface area contributed by atoms with Crippen LogP contribution in [-0.2, 0) is 18.4 Å². The smallest absolute Gasteiger partial charge is 1.00 e. The van der Waals surface area contributed by atoms with Crippen LogP contribution in [0.25, 0.3) is 0 Å². The van der Waals surface area contributed by atoms with Crippen molar-refractivity contribution < 1.29 is 55.6 Å². The Bertz CT molecular complexity index is 535. The molecule has 0 fully saturated rings. The van der Waals surface area contributed by atoms with Crippen molar-refractivity contribution in [2.45, 2.75) is 46.7 Å². The Labute approximate surface area is 170 Å². The summed E-state index contributed by atoms with van der Waals surface area (Å²) in [6, 6.07) is 12.7. The third-order valence-electron chi connectivity index (χ3n) is 4.28. The average molecular weight is 425 g/mol. The molecule has 0 bridgehead atoms. The van der Waals surface area contributed by atoms with E-state index in [9.17, 15) is 0 Å². The summed E-state index contributed by atoms with van der Waals surface area (Å²) >= 11 is -0.0166. The van der Waals surface area contributed by atoms with Gasteiger partial charge in [0.25, 0.3) is 0 Å². The van der Waals surface area contributed by atoms with Crippen LogP contribution in [0.3, 0.4) is 0 Å². The van der Waals surface area contributed by atoms with Gasteiger partial charge < -0.3 is 37.2 Å². The summed E-state index contributed by atoms with van der Waals surface area (Å²) in [5.74, 6) is -1.26. The molecule has 0 heterocycles. The van der Waals surface area contributed by atoms with Crippen molar-refractivity contribution in [3.63, 3.8) is 0 Å². The summed E-state index contributed by atoms with van der Waals surface area (Å²) in [5, 5.41) is 1.66. The molecule has 1 aliphatic rings. The molecule has 1 aromatic rings. The van der Waals surface area contributed by atoms with Crippen molar-refractivity contribution in [1.82, 2.24) is 0 Å². The van der Waals surface area contributed by atoms with Crippen LogP contribution in [-0.4, -0.2) is 5.94 Å². The molecule has 0 radical (unpaired) electrons. The fourth-order valence-corrected chi connectivity index (χ4v) is 12.8. The predicted molar refractivity (Wildman–Crippen MR) is 88.4 cm³/mol. The molecule has 2 rings (SSSR count). The van der Waals surface area contributed by atoms with E-state index in [1.54, 1.807) is 10.8 Å². The summed E-state index contributed by atoms with van der Waals surface area (Å²) in [7, 11) is 0. The van der Waals surface area contributed by atoms with Crippen LogP contribution >= 0.6 is 0 Å². The monoisotopic (exact) mass is 423 g/mol. The second kappa shape index (κ2) is 10.5. The Morgan fingerprint density at radius 3 is 2.09 bits per heavy atom. The molecule has 1 aliphatic carbocycles. The average Bonchev–Trinajstić information content (AvgIpc) is 2.87. The summed E-state index contributed by atoms with van der Waals surface area (Å²) in [4.78, 5) is 0. The van der Waals surface area contributed by atoms with E-state index in [1.807, 2.05) is 3.88 Å². The normalized spacial score (nSPS) is 15.7. The summed E-state index contributed by atoms with van der Waals surface area (Å²) in [5.41, 5.74) is 1.95. The Kier molecular flexibility index (Phi) is 11.7. The maximum atomic E-state index is 2.61. The summed E-state index contributed by atoms with van der Waals surface area (Å²) in [6.45, 7) is 12.1. The number of rotatable bonds is 4. The molecule has 1 atom stereocenters. The number of benzene rings is 1. The minimum absolute atomic E-state index is 0. The molecular formula is C18H26Cl3SiTi. The molecule has 23 heavy (non-hydrogen) atoms. The molecule has 0 saturated heterocycles. The van der Waals surface area contributed by atoms with E-state index in [1.165, 1.54) is 12.5 Å². The van der Waals surface area contributed by atoms with Crippen LogP contribution in [0.5, 0.6) is 0 Å². The van der Waals surface area contributed by atoms with Gasteiger partial charge >= 0.3 is 134 Å². The maximum absolute atomic E-state index is 2.61. The molecule has 5 heteroatoms. The first-order chi connectivity index (χ1) is 9.37. The van der Waals surface area contributed by atoms with Gasteiger partial charge in [-0.3, -0.25) is 0 Å². The minimum atomic E-state index is -1.26. The van der Waals surface area contributed by atoms with Crippen molar-refractivity contribution in [2.75, 3.05) is 0 Å². The number of halogens is 3. The third-order valence-corrected chi connectivity index (χ3v) is 15.9. The zero-order valence-electron chi connectivity index (χ0n) is 14.6. The molecule has 0 nitrogen and oxygen atoms in total. The van der Waals surface area contributed by atoms with Gasteiger partial charge in [0, 0.05) is 0 Å². The van der Waals surface area contributed by atoms with Crippen molar-refractivity contribution in [3.8, 4) is 0 Å². The Morgan fingerprint density at radius 1 is 1.04 bits per heavy atom. The van der Waals surface area contributed by atoms with E-state index < -0.39 is 5.94 Å². The SMILES string of the molecule is CC[Si](C)([Ti+3][C]1=C(C(C)(C)C)C=CC1)c1ccccc1.[Cl-].[Cl-].[Cl-]. The largest absolute Gasteiger partial charge is 1.00 e. The quantitative estimate of drug-likeness (QED) is 0.431. The van der Waals surface area contributed by atoms with Gasteiger partial charge in [0.15, 0.2) is 0 Å². The summed E-state index contributed by atoms with van der Waals surface area (Å²) < 4.78 is 1.82. The first-order valence-electron chi connectivity index (χ1n) is 7.61. The van der Waals surface area contributed by atoms with E-state index in [0.717, 1.165) is 0 Å². The molecule has 0 aromatic heterocycles. The van der Waals surface area contributed by atoms with E-state index in [4.69, 9.17) is 0 Å². The fourth-order valence-electron chi connectivity index (χ4n) is 2.83. The number of hydrogen-bond donors (Lipinski definition) is 0. The van der Waals surface area contributed by atoms with Gasteiger partial charge in [-0.25, -0.2) is 0 Å². The zero-order valence-corrected chi connectivity index (χ0v) is 19.4. The van der Waals surface area contributed by atoms with Crippen LogP contribution in [0.4, 0.5) is 0 Å². The van der Waals surface area contributed by atoms with Gasteiger partial charge in [-0.1, -0.05) is 0 Å². The molecule has 127 valence electrons. The van der Waals surface area contributed by atoms with E-state index in [0.29, 0.717) is 5.41 Å². The zero-order chi connectivity index (χ0) is 14.8. The van der Waals surface area contributed by atoms with E-state index >= 15 is 0 Å². The van der Waals surface area contributed by atoms with Crippen LogP contribution in [0.15, 0.2) is 51.9 Å². The number of allylic oxidation sites excluding steroid dienone is 4. The van der Waals surface area contributed by atoms with Gasteiger partial charge in [-0.2, -0.15) is 0 Å². The number of hydrogen-bond acceptors (Lipinski definition) is 0. The van der Waals surface area contributed by atoms with Gasteiger partial charge in [0.1, 0.15) is 0 Å². The van der Waals surface area contributed by atoms with Crippen molar-refractivity contribution in [2.24, 2.45) is 5.41 Å². The Hall–Kier alpha value is 0.501. The first-order valence-corrected chi connectivity index (χ1v) is 13.4. The molecule has 0 spiro atoms. The van der Waals surface area contributed by atoms with Crippen molar-refractivity contribution in [3.05, 3.63) is 51.9 Å². The van der Waals surface area contributed by atoms with Crippen LogP contribution in [0.2, 0.25) is 12.6 Å². The van der Waals surface area contributed by atoms with Gasteiger partial charge in [0.2, 0.25) is 0 Å². The van der Waals surface area contributed by atoms with Gasteiger partial charge in [-0.15, -0.1) is 0 Å². The van der Waals surface area contributed by atoms with Crippen molar-refractivity contribution in [1.29, 1.82) is 0 Å². The first kappa shape index (κ1) is 25.7. The summed E-state index contributed by atoms with van der Waals surface area (Å²) in [6.07, 6.45) is 6.01. The predicted octanol–water partition coefficient (Wildman–Crippen LogP) is -4.16. The van der Waals surface area contributed by atoms with Crippen LogP contribution in [0.1, 0.15) is 34.1 Å². The fraction of sp³-hybridized carbons (Fsp3) is 0.444. The van der Waals surface area contributed by atoms with E-state index in [2.05, 4.69) is 76.7 Å². The maximum Gasteiger partial charge on any atom is -1.00 e. The second-order valence-corrected chi connectivity index (χ2v) is 18.4. The standard InChI is InChI=1S/C9H13Si.C9H13.3ClH.Ti/c1-3-10(2)9-7-5-4-6-8-9;1-9(2,3)8-6-4-5-7-8;;;;/h4-8H,3H2,1-2H3;4,6H,5H2,1-3H3;3*1H;/q;;;;;+3/p-3. The molecule has 0 N–H and O–H groups in total. The molecule has 1 unspecified atom stereocenters. The third kappa shape index (κ3) is 6.38. The van der Waals surface area contributed by atoms with Crippen molar-refractivity contribution >= 4 is 11.1 Å². The van der Waals surface area contributed by atoms with Gasteiger partial charge in [-0.05, 0) is 0 Å². The second-order valence-electron chi connectivity index (χ2n) is 6.93. The Morgan fingerprint density at radius 2 is 1.61 bits per heavy atom.